The van der Waals surface area contributed by atoms with E-state index in [0.717, 1.165) is 23.8 Å². The van der Waals surface area contributed by atoms with Gasteiger partial charge < -0.3 is 14.5 Å². The molecule has 1 amide bonds. The second-order valence-corrected chi connectivity index (χ2v) is 5.58. The number of anilines is 1. The zero-order valence-electron chi connectivity index (χ0n) is 13.8. The van der Waals surface area contributed by atoms with Gasteiger partial charge in [0.05, 0.1) is 11.9 Å². The second kappa shape index (κ2) is 7.61. The maximum Gasteiger partial charge on any atom is 0.336 e. The maximum absolute atomic E-state index is 11.9. The Labute approximate surface area is 144 Å². The molecule has 6 heteroatoms. The summed E-state index contributed by atoms with van der Waals surface area (Å²) < 4.78 is 10.7. The zero-order valence-corrected chi connectivity index (χ0v) is 13.8. The molecule has 0 saturated heterocycles. The fourth-order valence-corrected chi connectivity index (χ4v) is 2.56. The molecule has 0 aliphatic carbocycles. The molecule has 0 bridgehead atoms. The molecule has 25 heavy (non-hydrogen) atoms. The molecule has 6 nitrogen and oxygen atoms in total. The molecule has 3 rings (SSSR count). The number of nitrogens with one attached hydrogen (secondary N) is 1. The summed E-state index contributed by atoms with van der Waals surface area (Å²) in [5.74, 6) is 0.167. The number of amides is 1. The van der Waals surface area contributed by atoms with Crippen LogP contribution in [0.5, 0.6) is 5.75 Å². The number of rotatable bonds is 6. The molecule has 0 saturated carbocycles. The Morgan fingerprint density at radius 3 is 2.92 bits per heavy atom. The van der Waals surface area contributed by atoms with E-state index in [9.17, 15) is 9.59 Å². The Morgan fingerprint density at radius 2 is 2.16 bits per heavy atom. The smallest absolute Gasteiger partial charge is 0.336 e. The Hall–Kier alpha value is -3.15. The molecule has 128 valence electrons. The standard InChI is InChI=1S/C19H18N2O4/c1-2-4-13-9-19(23)25-17-10-15(6-7-16(13)17)24-12-18(22)21-14-5-3-8-20-11-14/h3,5-11H,2,4,12H2,1H3,(H,21,22). The number of nitrogens with zero attached hydrogens (tertiary/aromatic N) is 1. The average molecular weight is 338 g/mol. The van der Waals surface area contributed by atoms with Gasteiger partial charge in [-0.25, -0.2) is 4.79 Å². The van der Waals surface area contributed by atoms with E-state index in [-0.39, 0.29) is 18.1 Å². The van der Waals surface area contributed by atoms with Crippen LogP contribution in [0.15, 0.2) is 58.0 Å². The van der Waals surface area contributed by atoms with Crippen molar-refractivity contribution in [2.45, 2.75) is 19.8 Å². The van der Waals surface area contributed by atoms with Crippen LogP contribution >= 0.6 is 0 Å². The van der Waals surface area contributed by atoms with Gasteiger partial charge in [-0.1, -0.05) is 13.3 Å². The van der Waals surface area contributed by atoms with Crippen molar-refractivity contribution in [3.8, 4) is 5.75 Å². The van der Waals surface area contributed by atoms with Gasteiger partial charge in [-0.15, -0.1) is 0 Å². The van der Waals surface area contributed by atoms with Crippen molar-refractivity contribution in [1.29, 1.82) is 0 Å². The number of benzene rings is 1. The highest BCUT2D eigenvalue weighted by atomic mass is 16.5. The van der Waals surface area contributed by atoms with Crippen molar-refractivity contribution in [3.05, 3.63) is 64.8 Å². The van der Waals surface area contributed by atoms with Crippen molar-refractivity contribution < 1.29 is 13.9 Å². The van der Waals surface area contributed by atoms with Crippen LogP contribution in [0.4, 0.5) is 5.69 Å². The van der Waals surface area contributed by atoms with Gasteiger partial charge in [0.15, 0.2) is 6.61 Å². The molecule has 0 atom stereocenters. The molecular weight excluding hydrogens is 320 g/mol. The quantitative estimate of drug-likeness (QED) is 0.698. The minimum absolute atomic E-state index is 0.153. The summed E-state index contributed by atoms with van der Waals surface area (Å²) in [6.07, 6.45) is 4.92. The third kappa shape index (κ3) is 4.23. The second-order valence-electron chi connectivity index (χ2n) is 5.58. The van der Waals surface area contributed by atoms with E-state index in [2.05, 4.69) is 17.2 Å². The molecule has 0 spiro atoms. The van der Waals surface area contributed by atoms with Gasteiger partial charge in [-0.05, 0) is 36.2 Å². The van der Waals surface area contributed by atoms with E-state index >= 15 is 0 Å². The van der Waals surface area contributed by atoms with E-state index in [0.29, 0.717) is 17.0 Å². The van der Waals surface area contributed by atoms with Crippen molar-refractivity contribution in [2.75, 3.05) is 11.9 Å². The van der Waals surface area contributed by atoms with Gasteiger partial charge in [0.25, 0.3) is 5.91 Å². The molecular formula is C19H18N2O4. The number of pyridine rings is 1. The van der Waals surface area contributed by atoms with Crippen LogP contribution in [0.1, 0.15) is 18.9 Å². The normalized spacial score (nSPS) is 10.6. The number of fused-ring (bicyclic) bond motifs is 1. The van der Waals surface area contributed by atoms with Crippen LogP contribution in [0.25, 0.3) is 11.0 Å². The first kappa shape index (κ1) is 16.7. The number of hydrogen-bond acceptors (Lipinski definition) is 5. The third-order valence-electron chi connectivity index (χ3n) is 3.64. The number of carbonyl (C=O) groups is 1. The number of aryl methyl sites for hydroxylation is 1. The summed E-state index contributed by atoms with van der Waals surface area (Å²) in [4.78, 5) is 27.5. The predicted molar refractivity (Wildman–Crippen MR) is 94.8 cm³/mol. The zero-order chi connectivity index (χ0) is 17.6. The van der Waals surface area contributed by atoms with Crippen LogP contribution in [-0.2, 0) is 11.2 Å². The molecule has 0 fully saturated rings. The first-order valence-corrected chi connectivity index (χ1v) is 8.05. The fraction of sp³-hybridized carbons (Fsp3) is 0.211. The summed E-state index contributed by atoms with van der Waals surface area (Å²) in [7, 11) is 0. The van der Waals surface area contributed by atoms with Crippen molar-refractivity contribution in [1.82, 2.24) is 4.98 Å². The highest BCUT2D eigenvalue weighted by molar-refractivity contribution is 5.91. The van der Waals surface area contributed by atoms with Gasteiger partial charge in [-0.2, -0.15) is 0 Å². The molecule has 3 aromatic rings. The summed E-state index contributed by atoms with van der Waals surface area (Å²) >= 11 is 0. The topological polar surface area (TPSA) is 81.4 Å². The van der Waals surface area contributed by atoms with Crippen LogP contribution in [0.2, 0.25) is 0 Å². The summed E-state index contributed by atoms with van der Waals surface area (Å²) in [6, 6.07) is 10.2. The van der Waals surface area contributed by atoms with Gasteiger partial charge >= 0.3 is 5.63 Å². The predicted octanol–water partition coefficient (Wildman–Crippen LogP) is 3.16. The molecule has 0 aliphatic rings. The first-order valence-electron chi connectivity index (χ1n) is 8.05. The lowest BCUT2D eigenvalue weighted by molar-refractivity contribution is -0.118. The lowest BCUT2D eigenvalue weighted by Gasteiger charge is -2.09. The minimum Gasteiger partial charge on any atom is -0.484 e. The Morgan fingerprint density at radius 1 is 1.28 bits per heavy atom. The van der Waals surface area contributed by atoms with Crippen molar-refractivity contribution >= 4 is 22.6 Å². The van der Waals surface area contributed by atoms with Gasteiger partial charge in [0, 0.05) is 23.7 Å². The number of aromatic nitrogens is 1. The largest absolute Gasteiger partial charge is 0.484 e. The third-order valence-corrected chi connectivity index (χ3v) is 3.64. The highest BCUT2D eigenvalue weighted by Gasteiger charge is 2.08. The Bertz CT molecular complexity index is 935. The Balaban J connectivity index is 1.72. The Kier molecular flexibility index (Phi) is 5.09. The molecule has 1 N–H and O–H groups in total. The van der Waals surface area contributed by atoms with E-state index < -0.39 is 0 Å². The molecule has 0 aliphatic heterocycles. The fourth-order valence-electron chi connectivity index (χ4n) is 2.56. The van der Waals surface area contributed by atoms with Crippen LogP contribution in [0, 0.1) is 0 Å². The number of ether oxygens (including phenoxy) is 1. The van der Waals surface area contributed by atoms with Crippen LogP contribution in [-0.4, -0.2) is 17.5 Å². The number of carbonyl (C=O) groups excluding carboxylic acids is 1. The molecule has 2 aromatic heterocycles. The lowest BCUT2D eigenvalue weighted by Crippen LogP contribution is -2.20. The van der Waals surface area contributed by atoms with Gasteiger partial charge in [0.1, 0.15) is 11.3 Å². The van der Waals surface area contributed by atoms with E-state index in [4.69, 9.17) is 9.15 Å². The van der Waals surface area contributed by atoms with Crippen LogP contribution < -0.4 is 15.7 Å². The van der Waals surface area contributed by atoms with Gasteiger partial charge in [-0.3, -0.25) is 9.78 Å². The lowest BCUT2D eigenvalue weighted by atomic mass is 10.1. The molecule has 0 unspecified atom stereocenters. The molecule has 0 radical (unpaired) electrons. The summed E-state index contributed by atoms with van der Waals surface area (Å²) in [6.45, 7) is 1.90. The average Bonchev–Trinajstić information content (AvgIpc) is 2.60. The summed E-state index contributed by atoms with van der Waals surface area (Å²) in [5.41, 5.74) is 1.63. The number of hydrogen-bond donors (Lipinski definition) is 1. The van der Waals surface area contributed by atoms with E-state index in [1.807, 2.05) is 6.07 Å². The maximum atomic E-state index is 11.9. The minimum atomic E-state index is -0.387. The first-order chi connectivity index (χ1) is 12.2. The summed E-state index contributed by atoms with van der Waals surface area (Å²) in [5, 5.41) is 3.57. The van der Waals surface area contributed by atoms with E-state index in [1.54, 1.807) is 36.7 Å². The molecule has 1 aromatic carbocycles. The van der Waals surface area contributed by atoms with Gasteiger partial charge in [0.2, 0.25) is 0 Å². The van der Waals surface area contributed by atoms with Crippen molar-refractivity contribution in [2.24, 2.45) is 0 Å². The van der Waals surface area contributed by atoms with E-state index in [1.165, 1.54) is 6.07 Å². The van der Waals surface area contributed by atoms with Crippen molar-refractivity contribution in [3.63, 3.8) is 0 Å². The highest BCUT2D eigenvalue weighted by Crippen LogP contribution is 2.23. The van der Waals surface area contributed by atoms with Crippen LogP contribution in [0.3, 0.4) is 0 Å². The SMILES string of the molecule is CCCc1cc(=O)oc2cc(OCC(=O)Nc3cccnc3)ccc12. The molecule has 2 heterocycles. The monoisotopic (exact) mass is 338 g/mol.